The second-order valence-electron chi connectivity index (χ2n) is 6.80. The van der Waals surface area contributed by atoms with E-state index < -0.39 is 17.6 Å². The van der Waals surface area contributed by atoms with Gasteiger partial charge >= 0.3 is 0 Å². The van der Waals surface area contributed by atoms with Crippen molar-refractivity contribution in [2.75, 3.05) is 18.5 Å². The van der Waals surface area contributed by atoms with Crippen LogP contribution in [0.2, 0.25) is 0 Å². The summed E-state index contributed by atoms with van der Waals surface area (Å²) in [5.74, 6) is 0.0210. The van der Waals surface area contributed by atoms with Crippen molar-refractivity contribution in [2.45, 2.75) is 31.4 Å². The van der Waals surface area contributed by atoms with Crippen molar-refractivity contribution in [2.24, 2.45) is 0 Å². The van der Waals surface area contributed by atoms with Gasteiger partial charge in [-0.05, 0) is 38.1 Å². The molecule has 4 nitrogen and oxygen atoms in total. The summed E-state index contributed by atoms with van der Waals surface area (Å²) in [6, 6.07) is 17.2. The molecular formula is C20H24N2O2. The normalized spacial score (nSPS) is 18.3. The first-order valence-corrected chi connectivity index (χ1v) is 8.29. The van der Waals surface area contributed by atoms with Crippen LogP contribution in [0.4, 0.5) is 5.69 Å². The van der Waals surface area contributed by atoms with Crippen molar-refractivity contribution >= 4 is 11.6 Å². The summed E-state index contributed by atoms with van der Waals surface area (Å²) in [7, 11) is 1.80. The van der Waals surface area contributed by atoms with Crippen LogP contribution in [0, 0.1) is 0 Å². The van der Waals surface area contributed by atoms with Gasteiger partial charge in [-0.2, -0.15) is 0 Å². The Hall–Kier alpha value is -2.17. The zero-order valence-corrected chi connectivity index (χ0v) is 14.4. The number of hydrogen-bond donors (Lipinski definition) is 2. The SMILES string of the molecule is CNC[C@@H](O)[C@H](c1ccccc1)N1C(=O)C(C)(C)c2ccccc21. The number of aliphatic hydroxyl groups is 1. The van der Waals surface area contributed by atoms with E-state index in [2.05, 4.69) is 5.32 Å². The van der Waals surface area contributed by atoms with Crippen LogP contribution in [-0.2, 0) is 10.2 Å². The smallest absolute Gasteiger partial charge is 0.237 e. The number of rotatable bonds is 5. The summed E-state index contributed by atoms with van der Waals surface area (Å²) >= 11 is 0. The number of hydrogen-bond acceptors (Lipinski definition) is 3. The topological polar surface area (TPSA) is 52.6 Å². The molecule has 24 heavy (non-hydrogen) atoms. The van der Waals surface area contributed by atoms with E-state index in [0.29, 0.717) is 6.54 Å². The number of nitrogens with one attached hydrogen (secondary N) is 1. The van der Waals surface area contributed by atoms with E-state index in [0.717, 1.165) is 16.8 Å². The Morgan fingerprint density at radius 3 is 2.38 bits per heavy atom. The van der Waals surface area contributed by atoms with Gasteiger partial charge in [0.25, 0.3) is 0 Å². The van der Waals surface area contributed by atoms with Gasteiger partial charge in [0, 0.05) is 12.2 Å². The first-order chi connectivity index (χ1) is 11.5. The van der Waals surface area contributed by atoms with E-state index in [-0.39, 0.29) is 5.91 Å². The third-order valence-electron chi connectivity index (χ3n) is 4.79. The van der Waals surface area contributed by atoms with Gasteiger partial charge in [0.15, 0.2) is 0 Å². The number of anilines is 1. The molecule has 0 aliphatic carbocycles. The molecule has 1 heterocycles. The Morgan fingerprint density at radius 2 is 1.71 bits per heavy atom. The third-order valence-corrected chi connectivity index (χ3v) is 4.79. The first-order valence-electron chi connectivity index (χ1n) is 8.29. The van der Waals surface area contributed by atoms with E-state index in [9.17, 15) is 9.90 Å². The maximum Gasteiger partial charge on any atom is 0.237 e. The molecule has 126 valence electrons. The Morgan fingerprint density at radius 1 is 1.08 bits per heavy atom. The fourth-order valence-electron chi connectivity index (χ4n) is 3.53. The number of para-hydroxylation sites is 1. The Kier molecular flexibility index (Phi) is 4.43. The minimum Gasteiger partial charge on any atom is -0.389 e. The van der Waals surface area contributed by atoms with Crippen molar-refractivity contribution in [3.63, 3.8) is 0 Å². The molecule has 3 rings (SSSR count). The second-order valence-corrected chi connectivity index (χ2v) is 6.80. The number of carbonyl (C=O) groups is 1. The molecule has 2 N–H and O–H groups in total. The van der Waals surface area contributed by atoms with Crippen molar-refractivity contribution in [3.8, 4) is 0 Å². The van der Waals surface area contributed by atoms with Gasteiger partial charge in [0.05, 0.1) is 17.6 Å². The predicted octanol–water partition coefficient (Wildman–Crippen LogP) is 2.63. The molecule has 2 aromatic carbocycles. The van der Waals surface area contributed by atoms with Crippen LogP contribution in [-0.4, -0.2) is 30.7 Å². The van der Waals surface area contributed by atoms with Crippen LogP contribution in [0.1, 0.15) is 31.0 Å². The Balaban J connectivity index is 2.13. The zero-order chi connectivity index (χ0) is 17.3. The number of likely N-dealkylation sites (N-methyl/N-ethyl adjacent to an activating group) is 1. The van der Waals surface area contributed by atoms with E-state index >= 15 is 0 Å². The van der Waals surface area contributed by atoms with Gasteiger partial charge in [0.1, 0.15) is 0 Å². The molecule has 0 unspecified atom stereocenters. The third kappa shape index (κ3) is 2.62. The number of benzene rings is 2. The molecule has 0 bridgehead atoms. The molecule has 1 amide bonds. The summed E-state index contributed by atoms with van der Waals surface area (Å²) in [5, 5.41) is 13.8. The standard InChI is InChI=1S/C20H24N2O2/c1-20(2)15-11-7-8-12-16(15)22(19(20)24)18(17(23)13-21-3)14-9-5-4-6-10-14/h4-12,17-18,21,23H,13H2,1-3H3/t17-,18+/m1/s1. The summed E-state index contributed by atoms with van der Waals surface area (Å²) < 4.78 is 0. The zero-order valence-electron chi connectivity index (χ0n) is 14.4. The molecule has 2 aromatic rings. The van der Waals surface area contributed by atoms with Crippen molar-refractivity contribution in [3.05, 3.63) is 65.7 Å². The van der Waals surface area contributed by atoms with Gasteiger partial charge in [0.2, 0.25) is 5.91 Å². The van der Waals surface area contributed by atoms with Crippen LogP contribution < -0.4 is 10.2 Å². The summed E-state index contributed by atoms with van der Waals surface area (Å²) in [5.41, 5.74) is 2.23. The second kappa shape index (κ2) is 6.38. The van der Waals surface area contributed by atoms with Crippen molar-refractivity contribution < 1.29 is 9.90 Å². The lowest BCUT2D eigenvalue weighted by atomic mass is 9.86. The molecular weight excluding hydrogens is 300 g/mol. The van der Waals surface area contributed by atoms with Gasteiger partial charge in [-0.25, -0.2) is 0 Å². The Bertz CT molecular complexity index is 727. The molecule has 2 atom stereocenters. The van der Waals surface area contributed by atoms with E-state index in [1.807, 2.05) is 68.4 Å². The van der Waals surface area contributed by atoms with Crippen molar-refractivity contribution in [1.29, 1.82) is 0 Å². The monoisotopic (exact) mass is 324 g/mol. The quantitative estimate of drug-likeness (QED) is 0.889. The minimum absolute atomic E-state index is 0.0210. The molecule has 0 aromatic heterocycles. The van der Waals surface area contributed by atoms with Gasteiger partial charge in [-0.1, -0.05) is 48.5 Å². The fourth-order valence-corrected chi connectivity index (χ4v) is 3.53. The van der Waals surface area contributed by atoms with E-state index in [4.69, 9.17) is 0 Å². The molecule has 0 radical (unpaired) electrons. The van der Waals surface area contributed by atoms with Crippen LogP contribution in [0.3, 0.4) is 0 Å². The molecule has 0 saturated heterocycles. The highest BCUT2D eigenvalue weighted by Crippen LogP contribution is 2.45. The lowest BCUT2D eigenvalue weighted by Crippen LogP contribution is -2.45. The summed E-state index contributed by atoms with van der Waals surface area (Å²) in [4.78, 5) is 15.0. The molecule has 0 fully saturated rings. The Labute approximate surface area is 143 Å². The van der Waals surface area contributed by atoms with Crippen molar-refractivity contribution in [1.82, 2.24) is 5.32 Å². The molecule has 0 saturated carbocycles. The maximum atomic E-state index is 13.2. The fraction of sp³-hybridized carbons (Fsp3) is 0.350. The average molecular weight is 324 g/mol. The maximum absolute atomic E-state index is 13.2. The first kappa shape index (κ1) is 16.7. The van der Waals surface area contributed by atoms with Crippen LogP contribution in [0.15, 0.2) is 54.6 Å². The van der Waals surface area contributed by atoms with Gasteiger partial charge < -0.3 is 15.3 Å². The number of carbonyl (C=O) groups excluding carboxylic acids is 1. The lowest BCUT2D eigenvalue weighted by molar-refractivity contribution is -0.123. The number of amides is 1. The highest BCUT2D eigenvalue weighted by molar-refractivity contribution is 6.08. The minimum atomic E-state index is -0.705. The van der Waals surface area contributed by atoms with E-state index in [1.54, 1.807) is 11.9 Å². The predicted molar refractivity (Wildman–Crippen MR) is 96.1 cm³/mol. The summed E-state index contributed by atoms with van der Waals surface area (Å²) in [6.45, 7) is 4.30. The lowest BCUT2D eigenvalue weighted by Gasteiger charge is -2.33. The highest BCUT2D eigenvalue weighted by atomic mass is 16.3. The van der Waals surface area contributed by atoms with Gasteiger partial charge in [-0.15, -0.1) is 0 Å². The molecule has 0 spiro atoms. The molecule has 4 heteroatoms. The molecule has 1 aliphatic heterocycles. The van der Waals surface area contributed by atoms with Crippen LogP contribution in [0.5, 0.6) is 0 Å². The van der Waals surface area contributed by atoms with E-state index in [1.165, 1.54) is 0 Å². The number of nitrogens with zero attached hydrogens (tertiary/aromatic N) is 1. The average Bonchev–Trinajstić information content (AvgIpc) is 2.78. The van der Waals surface area contributed by atoms with Crippen LogP contribution >= 0.6 is 0 Å². The largest absolute Gasteiger partial charge is 0.389 e. The highest BCUT2D eigenvalue weighted by Gasteiger charge is 2.47. The van der Waals surface area contributed by atoms with Crippen LogP contribution in [0.25, 0.3) is 0 Å². The number of aliphatic hydroxyl groups excluding tert-OH is 1. The molecule has 1 aliphatic rings. The van der Waals surface area contributed by atoms with Gasteiger partial charge in [-0.3, -0.25) is 4.79 Å². The summed E-state index contributed by atoms with van der Waals surface area (Å²) in [6.07, 6.45) is -0.705. The number of fused-ring (bicyclic) bond motifs is 1.